The zero-order valence-electron chi connectivity index (χ0n) is 11.2. The van der Waals surface area contributed by atoms with Gasteiger partial charge in [-0.15, -0.1) is 0 Å². The van der Waals surface area contributed by atoms with Gasteiger partial charge in [-0.05, 0) is 26.0 Å². The summed E-state index contributed by atoms with van der Waals surface area (Å²) in [5.41, 5.74) is 0.165. The Hall–Kier alpha value is -1.53. The summed E-state index contributed by atoms with van der Waals surface area (Å²) in [5.74, 6) is -0.688. The topological polar surface area (TPSA) is 101 Å². The van der Waals surface area contributed by atoms with Crippen molar-refractivity contribution in [2.75, 3.05) is 13.2 Å². The lowest BCUT2D eigenvalue weighted by Gasteiger charge is -2.17. The quantitative estimate of drug-likeness (QED) is 0.862. The summed E-state index contributed by atoms with van der Waals surface area (Å²) in [6.45, 7) is 3.99. The van der Waals surface area contributed by atoms with Crippen LogP contribution in [0, 0.1) is 11.3 Å². The molecular weight excluding hydrogens is 282 g/mol. The Morgan fingerprint density at radius 1 is 1.55 bits per heavy atom. The minimum Gasteiger partial charge on any atom is -0.348 e. The van der Waals surface area contributed by atoms with E-state index in [1.807, 2.05) is 6.07 Å². The molecule has 1 atom stereocenters. The molecule has 0 radical (unpaired) electrons. The third-order valence-corrected chi connectivity index (χ3v) is 4.14. The molecular formula is C12H15N3O4S. The maximum atomic E-state index is 12.0. The van der Waals surface area contributed by atoms with Crippen molar-refractivity contribution in [3.05, 3.63) is 24.0 Å². The highest BCUT2D eigenvalue weighted by Crippen LogP contribution is 2.22. The van der Waals surface area contributed by atoms with Gasteiger partial charge >= 0.3 is 0 Å². The van der Waals surface area contributed by atoms with E-state index < -0.39 is 15.8 Å². The van der Waals surface area contributed by atoms with Crippen LogP contribution in [-0.4, -0.2) is 38.4 Å². The van der Waals surface area contributed by atoms with E-state index in [2.05, 4.69) is 9.71 Å². The van der Waals surface area contributed by atoms with E-state index in [4.69, 9.17) is 14.7 Å². The molecule has 1 unspecified atom stereocenters. The third-order valence-electron chi connectivity index (χ3n) is 2.73. The minimum atomic E-state index is -3.67. The lowest BCUT2D eigenvalue weighted by atomic mass is 10.4. The van der Waals surface area contributed by atoms with Gasteiger partial charge in [-0.25, -0.2) is 18.1 Å². The predicted molar refractivity (Wildman–Crippen MR) is 69.0 cm³/mol. The van der Waals surface area contributed by atoms with E-state index in [1.165, 1.54) is 12.1 Å². The Morgan fingerprint density at radius 3 is 2.80 bits per heavy atom. The molecule has 0 saturated carbocycles. The van der Waals surface area contributed by atoms with Gasteiger partial charge in [0.2, 0.25) is 10.0 Å². The lowest BCUT2D eigenvalue weighted by molar-refractivity contribution is -0.137. The Kier molecular flexibility index (Phi) is 4.06. The van der Waals surface area contributed by atoms with Crippen LogP contribution in [0.4, 0.5) is 0 Å². The molecule has 1 aliphatic heterocycles. The Labute approximate surface area is 117 Å². The highest BCUT2D eigenvalue weighted by molar-refractivity contribution is 7.89. The second kappa shape index (κ2) is 5.46. The molecule has 2 rings (SSSR count). The lowest BCUT2D eigenvalue weighted by Crippen LogP contribution is -2.34. The summed E-state index contributed by atoms with van der Waals surface area (Å²) in [6, 6.07) is 4.52. The van der Waals surface area contributed by atoms with Crippen molar-refractivity contribution in [3.8, 4) is 6.07 Å². The Bertz CT molecular complexity index is 619. The molecule has 0 amide bonds. The SMILES string of the molecule is CC1(C)OCC(CNS(=O)(=O)c2ccc(C#N)nc2)O1. The van der Waals surface area contributed by atoms with Crippen molar-refractivity contribution in [1.29, 1.82) is 5.26 Å². The molecule has 1 aromatic rings. The van der Waals surface area contributed by atoms with Crippen LogP contribution in [0.15, 0.2) is 23.2 Å². The molecule has 1 fully saturated rings. The van der Waals surface area contributed by atoms with Gasteiger partial charge in [-0.1, -0.05) is 0 Å². The van der Waals surface area contributed by atoms with Crippen molar-refractivity contribution in [2.24, 2.45) is 0 Å². The highest BCUT2D eigenvalue weighted by atomic mass is 32.2. The van der Waals surface area contributed by atoms with Crippen molar-refractivity contribution in [1.82, 2.24) is 9.71 Å². The normalized spacial score (nSPS) is 21.6. The van der Waals surface area contributed by atoms with Gasteiger partial charge in [-0.2, -0.15) is 5.26 Å². The van der Waals surface area contributed by atoms with Gasteiger partial charge in [0.15, 0.2) is 5.79 Å². The number of nitrogens with zero attached hydrogens (tertiary/aromatic N) is 2. The van der Waals surface area contributed by atoms with Crippen molar-refractivity contribution in [2.45, 2.75) is 30.6 Å². The molecule has 7 nitrogen and oxygen atoms in total. The van der Waals surface area contributed by atoms with Crippen LogP contribution in [0.1, 0.15) is 19.5 Å². The minimum absolute atomic E-state index is 0.00896. The fourth-order valence-corrected chi connectivity index (χ4v) is 2.77. The molecule has 1 aliphatic rings. The Morgan fingerprint density at radius 2 is 2.30 bits per heavy atom. The average Bonchev–Trinajstić information content (AvgIpc) is 2.76. The maximum absolute atomic E-state index is 12.0. The van der Waals surface area contributed by atoms with Gasteiger partial charge < -0.3 is 9.47 Å². The van der Waals surface area contributed by atoms with Crippen molar-refractivity contribution >= 4 is 10.0 Å². The van der Waals surface area contributed by atoms with E-state index in [-0.39, 0.29) is 23.2 Å². The second-order valence-corrected chi connectivity index (χ2v) is 6.56. The fourth-order valence-electron chi connectivity index (χ4n) is 1.76. The van der Waals surface area contributed by atoms with Crippen LogP contribution in [0.25, 0.3) is 0 Å². The highest BCUT2D eigenvalue weighted by Gasteiger charge is 2.33. The van der Waals surface area contributed by atoms with Crippen LogP contribution < -0.4 is 4.72 Å². The predicted octanol–water partition coefficient (Wildman–Crippen LogP) is 0.383. The first-order valence-corrected chi connectivity index (χ1v) is 7.48. The number of rotatable bonds is 4. The maximum Gasteiger partial charge on any atom is 0.242 e. The molecule has 1 N–H and O–H groups in total. The Balaban J connectivity index is 1.99. The molecule has 0 aliphatic carbocycles. The first-order chi connectivity index (χ1) is 9.32. The van der Waals surface area contributed by atoms with Crippen LogP contribution in [0.3, 0.4) is 0 Å². The van der Waals surface area contributed by atoms with Crippen LogP contribution >= 0.6 is 0 Å². The molecule has 2 heterocycles. The summed E-state index contributed by atoms with van der Waals surface area (Å²) < 4.78 is 37.3. The van der Waals surface area contributed by atoms with Gasteiger partial charge in [0.05, 0.1) is 12.7 Å². The van der Waals surface area contributed by atoms with E-state index in [0.29, 0.717) is 6.61 Å². The zero-order chi connectivity index (χ0) is 14.8. The largest absolute Gasteiger partial charge is 0.348 e. The molecule has 0 spiro atoms. The number of nitrogens with one attached hydrogen (secondary N) is 1. The fraction of sp³-hybridized carbons (Fsp3) is 0.500. The van der Waals surface area contributed by atoms with E-state index >= 15 is 0 Å². The zero-order valence-corrected chi connectivity index (χ0v) is 12.0. The molecule has 1 aromatic heterocycles. The number of hydrogen-bond acceptors (Lipinski definition) is 6. The van der Waals surface area contributed by atoms with Gasteiger partial charge in [0.25, 0.3) is 0 Å². The summed E-state index contributed by atoms with van der Waals surface area (Å²) in [5, 5.41) is 8.62. The molecule has 1 saturated heterocycles. The molecule has 20 heavy (non-hydrogen) atoms. The number of pyridine rings is 1. The number of ether oxygens (including phenoxy) is 2. The monoisotopic (exact) mass is 297 g/mol. The molecule has 108 valence electrons. The number of aromatic nitrogens is 1. The summed E-state index contributed by atoms with van der Waals surface area (Å²) in [7, 11) is -3.67. The van der Waals surface area contributed by atoms with Crippen LogP contribution in [-0.2, 0) is 19.5 Å². The standard InChI is InChI=1S/C12H15N3O4S/c1-12(2)18-8-10(19-12)6-15-20(16,17)11-4-3-9(5-13)14-7-11/h3-4,7,10,15H,6,8H2,1-2H3. The number of sulfonamides is 1. The average molecular weight is 297 g/mol. The van der Waals surface area contributed by atoms with Crippen molar-refractivity contribution in [3.63, 3.8) is 0 Å². The summed E-state index contributed by atoms with van der Waals surface area (Å²) in [4.78, 5) is 3.74. The van der Waals surface area contributed by atoms with Gasteiger partial charge in [0, 0.05) is 12.7 Å². The third kappa shape index (κ3) is 3.52. The second-order valence-electron chi connectivity index (χ2n) is 4.79. The van der Waals surface area contributed by atoms with E-state index in [1.54, 1.807) is 13.8 Å². The summed E-state index contributed by atoms with van der Waals surface area (Å²) >= 11 is 0. The van der Waals surface area contributed by atoms with Gasteiger partial charge in [-0.3, -0.25) is 0 Å². The molecule has 0 bridgehead atoms. The van der Waals surface area contributed by atoms with E-state index in [9.17, 15) is 8.42 Å². The van der Waals surface area contributed by atoms with Crippen LogP contribution in [0.5, 0.6) is 0 Å². The van der Waals surface area contributed by atoms with Gasteiger partial charge in [0.1, 0.15) is 16.7 Å². The van der Waals surface area contributed by atoms with Crippen LogP contribution in [0.2, 0.25) is 0 Å². The first-order valence-electron chi connectivity index (χ1n) is 6.00. The smallest absolute Gasteiger partial charge is 0.242 e. The summed E-state index contributed by atoms with van der Waals surface area (Å²) in [6.07, 6.45) is 0.822. The number of hydrogen-bond donors (Lipinski definition) is 1. The van der Waals surface area contributed by atoms with E-state index in [0.717, 1.165) is 6.20 Å². The molecule has 0 aromatic carbocycles. The van der Waals surface area contributed by atoms with Crippen molar-refractivity contribution < 1.29 is 17.9 Å². The first kappa shape index (κ1) is 14.9. The number of nitriles is 1. The molecule has 8 heteroatoms.